The van der Waals surface area contributed by atoms with Crippen LogP contribution in [0.4, 0.5) is 8.78 Å². The summed E-state index contributed by atoms with van der Waals surface area (Å²) in [6, 6.07) is 23.3. The molecule has 1 aliphatic carbocycles. The summed E-state index contributed by atoms with van der Waals surface area (Å²) in [5.41, 5.74) is 4.18. The van der Waals surface area contributed by atoms with Crippen molar-refractivity contribution < 1.29 is 13.6 Å². The van der Waals surface area contributed by atoms with E-state index in [1.54, 1.807) is 0 Å². The first-order chi connectivity index (χ1) is 15.7. The zero-order chi connectivity index (χ0) is 21.9. The molecule has 2 aliphatic rings. The molecule has 3 aromatic rings. The molecule has 4 atom stereocenters. The highest BCUT2D eigenvalue weighted by atomic mass is 19.1. The second kappa shape index (κ2) is 9.21. The van der Waals surface area contributed by atoms with E-state index in [9.17, 15) is 8.78 Å². The van der Waals surface area contributed by atoms with E-state index in [0.29, 0.717) is 6.61 Å². The highest BCUT2D eigenvalue weighted by Gasteiger charge is 2.45. The van der Waals surface area contributed by atoms with Gasteiger partial charge in [0.05, 0.1) is 5.71 Å². The monoisotopic (exact) mass is 432 g/mol. The number of hydrogen-bond donors (Lipinski definition) is 1. The minimum absolute atomic E-state index is 0.0127. The van der Waals surface area contributed by atoms with E-state index >= 15 is 0 Å². The van der Waals surface area contributed by atoms with Gasteiger partial charge in [0, 0.05) is 23.9 Å². The zero-order valence-corrected chi connectivity index (χ0v) is 17.8. The van der Waals surface area contributed by atoms with E-state index in [4.69, 9.17) is 4.84 Å². The predicted molar refractivity (Wildman–Crippen MR) is 121 cm³/mol. The van der Waals surface area contributed by atoms with Crippen LogP contribution in [-0.2, 0) is 11.4 Å². The minimum atomic E-state index is -0.249. The highest BCUT2D eigenvalue weighted by Crippen LogP contribution is 2.46. The summed E-state index contributed by atoms with van der Waals surface area (Å²) >= 11 is 0. The van der Waals surface area contributed by atoms with E-state index in [0.717, 1.165) is 41.7 Å². The summed E-state index contributed by atoms with van der Waals surface area (Å²) in [6.45, 7) is 0.416. The highest BCUT2D eigenvalue weighted by molar-refractivity contribution is 5.91. The van der Waals surface area contributed by atoms with Gasteiger partial charge in [-0.1, -0.05) is 66.2 Å². The Morgan fingerprint density at radius 2 is 1.28 bits per heavy atom. The van der Waals surface area contributed by atoms with Gasteiger partial charge in [-0.3, -0.25) is 0 Å². The molecule has 164 valence electrons. The van der Waals surface area contributed by atoms with Gasteiger partial charge >= 0.3 is 0 Å². The van der Waals surface area contributed by atoms with Gasteiger partial charge in [-0.25, -0.2) is 8.78 Å². The molecule has 3 nitrogen and oxygen atoms in total. The van der Waals surface area contributed by atoms with Gasteiger partial charge in [0.25, 0.3) is 0 Å². The lowest BCUT2D eigenvalue weighted by atomic mass is 9.67. The van der Waals surface area contributed by atoms with E-state index in [1.165, 1.54) is 24.3 Å². The van der Waals surface area contributed by atoms with Crippen molar-refractivity contribution in [3.8, 4) is 0 Å². The number of nitrogens with zero attached hydrogens (tertiary/aromatic N) is 1. The molecule has 2 fully saturated rings. The first kappa shape index (κ1) is 20.8. The molecule has 2 bridgehead atoms. The number of oxime groups is 1. The second-order valence-electron chi connectivity index (χ2n) is 8.64. The standard InChI is InChI=1S/C27H26F2N2O/c28-21-13-9-19(10-14-21)25-23-7-4-8-24(26(30-25)20-11-15-22(29)16-12-20)27(23)31-32-17-18-5-2-1-3-6-18/h1-3,5-6,9-16,23-26,30H,4,7-8,17H2. The number of piperidine rings is 1. The molecule has 5 rings (SSSR count). The van der Waals surface area contributed by atoms with Crippen LogP contribution in [0.3, 0.4) is 0 Å². The molecule has 0 radical (unpaired) electrons. The Bertz CT molecular complexity index is 1010. The van der Waals surface area contributed by atoms with Crippen LogP contribution in [0, 0.1) is 23.5 Å². The molecule has 32 heavy (non-hydrogen) atoms. The molecular weight excluding hydrogens is 406 g/mol. The van der Waals surface area contributed by atoms with Gasteiger partial charge in [0.2, 0.25) is 0 Å². The summed E-state index contributed by atoms with van der Waals surface area (Å²) in [4.78, 5) is 5.84. The third-order valence-corrected chi connectivity index (χ3v) is 6.66. The molecule has 3 aromatic carbocycles. The Morgan fingerprint density at radius 1 is 0.750 bits per heavy atom. The largest absolute Gasteiger partial charge is 0.391 e. The zero-order valence-electron chi connectivity index (χ0n) is 17.8. The average molecular weight is 433 g/mol. The summed E-state index contributed by atoms with van der Waals surface area (Å²) in [6.07, 6.45) is 3.08. The lowest BCUT2D eigenvalue weighted by Crippen LogP contribution is -2.50. The van der Waals surface area contributed by atoms with Crippen LogP contribution in [-0.4, -0.2) is 5.71 Å². The van der Waals surface area contributed by atoms with Crippen molar-refractivity contribution in [2.45, 2.75) is 38.0 Å². The van der Waals surface area contributed by atoms with Crippen LogP contribution in [0.1, 0.15) is 48.0 Å². The summed E-state index contributed by atoms with van der Waals surface area (Å²) in [7, 11) is 0. The molecule has 0 amide bonds. The third-order valence-electron chi connectivity index (χ3n) is 6.66. The van der Waals surface area contributed by atoms with Gasteiger partial charge in [0.15, 0.2) is 0 Å². The van der Waals surface area contributed by atoms with Crippen molar-refractivity contribution in [1.29, 1.82) is 0 Å². The number of benzene rings is 3. The maximum absolute atomic E-state index is 13.6. The Labute approximate surface area is 187 Å². The predicted octanol–water partition coefficient (Wildman–Crippen LogP) is 6.34. The maximum Gasteiger partial charge on any atom is 0.142 e. The van der Waals surface area contributed by atoms with Crippen LogP contribution in [0.15, 0.2) is 84.0 Å². The van der Waals surface area contributed by atoms with Crippen LogP contribution < -0.4 is 5.32 Å². The molecular formula is C27H26F2N2O. The minimum Gasteiger partial charge on any atom is -0.391 e. The van der Waals surface area contributed by atoms with Crippen molar-refractivity contribution in [2.24, 2.45) is 17.0 Å². The Balaban J connectivity index is 1.49. The fourth-order valence-corrected chi connectivity index (χ4v) is 5.12. The van der Waals surface area contributed by atoms with Crippen LogP contribution in [0.25, 0.3) is 0 Å². The number of nitrogens with one attached hydrogen (secondary N) is 1. The Hall–Kier alpha value is -3.05. The van der Waals surface area contributed by atoms with E-state index in [2.05, 4.69) is 10.5 Å². The first-order valence-electron chi connectivity index (χ1n) is 11.2. The lowest BCUT2D eigenvalue weighted by molar-refractivity contribution is 0.118. The molecule has 5 heteroatoms. The topological polar surface area (TPSA) is 33.6 Å². The maximum atomic E-state index is 13.6. The molecule has 1 saturated heterocycles. The van der Waals surface area contributed by atoms with E-state index in [1.807, 2.05) is 54.6 Å². The van der Waals surface area contributed by atoms with Gasteiger partial charge in [-0.2, -0.15) is 0 Å². The fraction of sp³-hybridized carbons (Fsp3) is 0.296. The smallest absolute Gasteiger partial charge is 0.142 e. The van der Waals surface area contributed by atoms with Crippen molar-refractivity contribution >= 4 is 5.71 Å². The Kier molecular flexibility index (Phi) is 5.99. The van der Waals surface area contributed by atoms with Crippen LogP contribution in [0.5, 0.6) is 0 Å². The number of rotatable bonds is 5. The molecule has 1 heterocycles. The third kappa shape index (κ3) is 4.30. The molecule has 0 aromatic heterocycles. The number of fused-ring (bicyclic) bond motifs is 2. The number of hydrogen-bond acceptors (Lipinski definition) is 3. The van der Waals surface area contributed by atoms with Crippen molar-refractivity contribution in [3.63, 3.8) is 0 Å². The van der Waals surface area contributed by atoms with E-state index in [-0.39, 0.29) is 35.6 Å². The first-order valence-corrected chi connectivity index (χ1v) is 11.2. The van der Waals surface area contributed by atoms with Crippen LogP contribution >= 0.6 is 0 Å². The second-order valence-corrected chi connectivity index (χ2v) is 8.64. The van der Waals surface area contributed by atoms with Crippen molar-refractivity contribution in [3.05, 3.63) is 107 Å². The van der Waals surface area contributed by atoms with Gasteiger partial charge in [0.1, 0.15) is 18.2 Å². The Morgan fingerprint density at radius 3 is 1.81 bits per heavy atom. The van der Waals surface area contributed by atoms with E-state index < -0.39 is 0 Å². The van der Waals surface area contributed by atoms with Crippen molar-refractivity contribution in [1.82, 2.24) is 5.32 Å². The average Bonchev–Trinajstić information content (AvgIpc) is 2.82. The van der Waals surface area contributed by atoms with Gasteiger partial charge < -0.3 is 10.2 Å². The molecule has 4 unspecified atom stereocenters. The lowest BCUT2D eigenvalue weighted by Gasteiger charge is -2.47. The van der Waals surface area contributed by atoms with Gasteiger partial charge in [-0.15, -0.1) is 0 Å². The summed E-state index contributed by atoms with van der Waals surface area (Å²) in [5, 5.41) is 8.46. The van der Waals surface area contributed by atoms with Crippen LogP contribution in [0.2, 0.25) is 0 Å². The molecule has 0 spiro atoms. The van der Waals surface area contributed by atoms with Gasteiger partial charge in [-0.05, 0) is 53.8 Å². The number of halogens is 2. The quantitative estimate of drug-likeness (QED) is 0.477. The molecule has 1 aliphatic heterocycles. The fourth-order valence-electron chi connectivity index (χ4n) is 5.12. The summed E-state index contributed by atoms with van der Waals surface area (Å²) < 4.78 is 27.2. The van der Waals surface area contributed by atoms with Crippen molar-refractivity contribution in [2.75, 3.05) is 0 Å². The summed E-state index contributed by atoms with van der Waals surface area (Å²) in [5.74, 6) is -0.152. The molecule has 1 N–H and O–H groups in total. The molecule has 1 saturated carbocycles. The SMILES string of the molecule is Fc1ccc(C2NC(c3ccc(F)cc3)C3CCCC2C3=NOCc2ccccc2)cc1. The normalized spacial score (nSPS) is 24.8.